The van der Waals surface area contributed by atoms with Gasteiger partial charge in [-0.1, -0.05) is 32.1 Å². The van der Waals surface area contributed by atoms with Crippen LogP contribution in [0, 0.1) is 10.6 Å². The van der Waals surface area contributed by atoms with Crippen LogP contribution in [0.1, 0.15) is 42.7 Å². The van der Waals surface area contributed by atoms with Crippen molar-refractivity contribution in [1.82, 2.24) is 10.3 Å². The second-order valence-electron chi connectivity index (χ2n) is 6.22. The first kappa shape index (κ1) is 19.0. The zero-order chi connectivity index (χ0) is 18.4. The highest BCUT2D eigenvalue weighted by molar-refractivity contribution is 7.71. The Balaban J connectivity index is 2.13. The third-order valence-corrected chi connectivity index (χ3v) is 4.01. The highest BCUT2D eigenvalue weighted by atomic mass is 32.1. The number of benzene rings is 1. The van der Waals surface area contributed by atoms with Gasteiger partial charge in [0.05, 0.1) is 25.3 Å². The summed E-state index contributed by atoms with van der Waals surface area (Å²) in [7, 11) is 1.61. The van der Waals surface area contributed by atoms with E-state index in [1.54, 1.807) is 25.4 Å². The average molecular weight is 360 g/mol. The molecule has 134 valence electrons. The van der Waals surface area contributed by atoms with Gasteiger partial charge in [-0.15, -0.1) is 0 Å². The molecule has 0 aliphatic rings. The lowest BCUT2D eigenvalue weighted by atomic mass is 10.1. The van der Waals surface area contributed by atoms with E-state index in [-0.39, 0.29) is 11.9 Å². The summed E-state index contributed by atoms with van der Waals surface area (Å²) in [5, 5.41) is 2.95. The first-order valence-corrected chi connectivity index (χ1v) is 8.62. The molecule has 0 aliphatic carbocycles. The Hall–Kier alpha value is -2.34. The second kappa shape index (κ2) is 8.67. The minimum atomic E-state index is -0.214. The Morgan fingerprint density at radius 3 is 2.64 bits per heavy atom. The van der Waals surface area contributed by atoms with Crippen molar-refractivity contribution in [1.29, 1.82) is 0 Å². The van der Waals surface area contributed by atoms with Gasteiger partial charge in [0.2, 0.25) is 0 Å². The van der Waals surface area contributed by atoms with E-state index in [1.165, 1.54) is 0 Å². The summed E-state index contributed by atoms with van der Waals surface area (Å²) >= 11 is 5.15. The number of carbonyl (C=O) groups excluding carboxylic acids is 1. The molecule has 2 N–H and O–H groups in total. The van der Waals surface area contributed by atoms with Crippen LogP contribution in [0.3, 0.4) is 0 Å². The normalized spacial score (nSPS) is 11.9. The van der Waals surface area contributed by atoms with Crippen LogP contribution in [-0.2, 0) is 0 Å². The van der Waals surface area contributed by atoms with Crippen molar-refractivity contribution in [2.24, 2.45) is 5.92 Å². The first-order chi connectivity index (χ1) is 11.9. The van der Waals surface area contributed by atoms with Crippen LogP contribution >= 0.6 is 12.2 Å². The standard InChI is InChI=1S/C19H24N2O3S/c1-12(2)11-24-16-8-7-14(10-17(16)23-4)13(3)21-18(22)15-6-5-9-20-19(15)25/h5-10,12-13H,11H2,1-4H3,(H,20,25)(H,21,22). The van der Waals surface area contributed by atoms with E-state index in [2.05, 4.69) is 24.1 Å². The Morgan fingerprint density at radius 2 is 2.00 bits per heavy atom. The maximum atomic E-state index is 12.4. The van der Waals surface area contributed by atoms with Crippen LogP contribution in [-0.4, -0.2) is 24.6 Å². The van der Waals surface area contributed by atoms with Gasteiger partial charge in [-0.2, -0.15) is 0 Å². The molecule has 1 aromatic carbocycles. The highest BCUT2D eigenvalue weighted by Gasteiger charge is 2.15. The molecule has 1 unspecified atom stereocenters. The Kier molecular flexibility index (Phi) is 6.58. The van der Waals surface area contributed by atoms with Crippen molar-refractivity contribution in [2.75, 3.05) is 13.7 Å². The number of hydrogen-bond donors (Lipinski definition) is 2. The molecule has 0 saturated heterocycles. The number of rotatable bonds is 7. The third-order valence-electron chi connectivity index (χ3n) is 3.67. The number of methoxy groups -OCH3 is 1. The number of carbonyl (C=O) groups is 1. The van der Waals surface area contributed by atoms with Crippen LogP contribution in [0.25, 0.3) is 0 Å². The minimum absolute atomic E-state index is 0.199. The van der Waals surface area contributed by atoms with Crippen LogP contribution in [0.5, 0.6) is 11.5 Å². The quantitative estimate of drug-likeness (QED) is 0.724. The lowest BCUT2D eigenvalue weighted by Crippen LogP contribution is -2.27. The first-order valence-electron chi connectivity index (χ1n) is 8.21. The van der Waals surface area contributed by atoms with Crippen molar-refractivity contribution in [3.8, 4) is 11.5 Å². The van der Waals surface area contributed by atoms with Gasteiger partial charge in [0.1, 0.15) is 4.64 Å². The van der Waals surface area contributed by atoms with Gasteiger partial charge in [0.25, 0.3) is 5.91 Å². The van der Waals surface area contributed by atoms with Gasteiger partial charge >= 0.3 is 0 Å². The van der Waals surface area contributed by atoms with Crippen molar-refractivity contribution < 1.29 is 14.3 Å². The summed E-state index contributed by atoms with van der Waals surface area (Å²) in [5.41, 5.74) is 1.38. The van der Waals surface area contributed by atoms with Crippen molar-refractivity contribution in [3.05, 3.63) is 52.3 Å². The number of pyridine rings is 1. The molecule has 25 heavy (non-hydrogen) atoms. The maximum absolute atomic E-state index is 12.4. The summed E-state index contributed by atoms with van der Waals surface area (Å²) in [6.07, 6.45) is 1.70. The topological polar surface area (TPSA) is 63.3 Å². The summed E-state index contributed by atoms with van der Waals surface area (Å²) in [6.45, 7) is 6.71. The molecule has 1 atom stereocenters. The fourth-order valence-corrected chi connectivity index (χ4v) is 2.52. The molecule has 0 aliphatic heterocycles. The highest BCUT2D eigenvalue weighted by Crippen LogP contribution is 2.30. The molecule has 0 bridgehead atoms. The smallest absolute Gasteiger partial charge is 0.254 e. The van der Waals surface area contributed by atoms with Crippen molar-refractivity contribution in [3.63, 3.8) is 0 Å². The lowest BCUT2D eigenvalue weighted by Gasteiger charge is -2.18. The molecule has 5 nitrogen and oxygen atoms in total. The number of hydrogen-bond acceptors (Lipinski definition) is 4. The number of amides is 1. The van der Waals surface area contributed by atoms with Crippen LogP contribution < -0.4 is 14.8 Å². The molecule has 0 fully saturated rings. The Labute approximate surface area is 153 Å². The van der Waals surface area contributed by atoms with E-state index in [9.17, 15) is 4.79 Å². The molecule has 6 heteroatoms. The fraction of sp³-hybridized carbons (Fsp3) is 0.368. The van der Waals surface area contributed by atoms with Gasteiger partial charge in [0, 0.05) is 6.20 Å². The summed E-state index contributed by atoms with van der Waals surface area (Å²) < 4.78 is 11.6. The van der Waals surface area contributed by atoms with Crippen LogP contribution in [0.4, 0.5) is 0 Å². The molecule has 2 rings (SSSR count). The molecular formula is C19H24N2O3S. The fourth-order valence-electron chi connectivity index (χ4n) is 2.29. The predicted octanol–water partition coefficient (Wildman–Crippen LogP) is 4.28. The predicted molar refractivity (Wildman–Crippen MR) is 101 cm³/mol. The van der Waals surface area contributed by atoms with Gasteiger partial charge in [-0.3, -0.25) is 4.79 Å². The zero-order valence-electron chi connectivity index (χ0n) is 15.0. The number of aromatic amines is 1. The van der Waals surface area contributed by atoms with Gasteiger partial charge in [-0.25, -0.2) is 0 Å². The molecule has 1 heterocycles. The lowest BCUT2D eigenvalue weighted by molar-refractivity contribution is 0.0939. The molecule has 0 saturated carbocycles. The van der Waals surface area contributed by atoms with E-state index in [0.717, 1.165) is 5.56 Å². The molecule has 0 spiro atoms. The van der Waals surface area contributed by atoms with E-state index >= 15 is 0 Å². The molecular weight excluding hydrogens is 336 g/mol. The van der Waals surface area contributed by atoms with Gasteiger partial charge < -0.3 is 19.8 Å². The van der Waals surface area contributed by atoms with Crippen molar-refractivity contribution >= 4 is 18.1 Å². The minimum Gasteiger partial charge on any atom is -0.493 e. The largest absolute Gasteiger partial charge is 0.493 e. The molecule has 1 aromatic heterocycles. The molecule has 2 aromatic rings. The van der Waals surface area contributed by atoms with Crippen LogP contribution in [0.15, 0.2) is 36.5 Å². The summed E-state index contributed by atoms with van der Waals surface area (Å²) in [6, 6.07) is 8.92. The maximum Gasteiger partial charge on any atom is 0.254 e. The number of H-pyrrole nitrogens is 1. The second-order valence-corrected chi connectivity index (χ2v) is 6.63. The van der Waals surface area contributed by atoms with Crippen molar-refractivity contribution in [2.45, 2.75) is 26.8 Å². The van der Waals surface area contributed by atoms with E-state index in [4.69, 9.17) is 21.7 Å². The summed E-state index contributed by atoms with van der Waals surface area (Å²) in [5.74, 6) is 1.56. The number of nitrogens with one attached hydrogen (secondary N) is 2. The van der Waals surface area contributed by atoms with Crippen LogP contribution in [0.2, 0.25) is 0 Å². The van der Waals surface area contributed by atoms with E-state index in [1.807, 2.05) is 25.1 Å². The number of ether oxygens (including phenoxy) is 2. The molecule has 0 radical (unpaired) electrons. The Morgan fingerprint density at radius 1 is 1.24 bits per heavy atom. The third kappa shape index (κ3) is 5.06. The van der Waals surface area contributed by atoms with Gasteiger partial charge in [0.15, 0.2) is 11.5 Å². The SMILES string of the molecule is COc1cc(C(C)NC(=O)c2ccc[nH]c2=S)ccc1OCC(C)C. The van der Waals surface area contributed by atoms with E-state index in [0.29, 0.717) is 34.2 Å². The zero-order valence-corrected chi connectivity index (χ0v) is 15.8. The monoisotopic (exact) mass is 360 g/mol. The Bertz CT molecular complexity index is 786. The summed E-state index contributed by atoms with van der Waals surface area (Å²) in [4.78, 5) is 15.3. The molecule has 1 amide bonds. The van der Waals surface area contributed by atoms with E-state index < -0.39 is 0 Å². The number of aromatic nitrogens is 1. The average Bonchev–Trinajstić information content (AvgIpc) is 2.59. The van der Waals surface area contributed by atoms with Gasteiger partial charge in [-0.05, 0) is 42.7 Å².